The number of fused-ring (bicyclic) bond motifs is 1. The molecule has 2 rings (SSSR count). The Hall–Kier alpha value is -1.03. The summed E-state index contributed by atoms with van der Waals surface area (Å²) in [6.45, 7) is 3.36. The highest BCUT2D eigenvalue weighted by atomic mass is 35.5. The molecule has 5 heteroatoms. The lowest BCUT2D eigenvalue weighted by Gasteiger charge is -1.95. The Balaban J connectivity index is 2.30. The number of Topliss-reactive ketones (excluding diaryl/α,β-unsaturated/α-hetero) is 1. The monoisotopic (exact) mass is 300 g/mol. The van der Waals surface area contributed by atoms with Crippen molar-refractivity contribution in [2.45, 2.75) is 12.8 Å². The van der Waals surface area contributed by atoms with Gasteiger partial charge in [-0.1, -0.05) is 29.8 Å². The average Bonchev–Trinajstić information content (AvgIpc) is 2.69. The van der Waals surface area contributed by atoms with Crippen LogP contribution in [0.15, 0.2) is 30.5 Å². The van der Waals surface area contributed by atoms with E-state index in [2.05, 4.69) is 6.58 Å². The molecule has 0 radical (unpaired) electrons. The molecular weight excluding hydrogens is 291 g/mol. The molecule has 1 N–H and O–H groups in total. The van der Waals surface area contributed by atoms with E-state index in [9.17, 15) is 4.79 Å². The van der Waals surface area contributed by atoms with Crippen molar-refractivity contribution < 1.29 is 9.90 Å². The van der Waals surface area contributed by atoms with Gasteiger partial charge in [0.05, 0.1) is 20.7 Å². The highest BCUT2D eigenvalue weighted by Gasteiger charge is 2.12. The number of benzene rings is 1. The number of hydrogen-bond acceptors (Lipinski definition) is 3. The van der Waals surface area contributed by atoms with E-state index in [4.69, 9.17) is 28.3 Å². The SMILES string of the molecule is C=C(O)CCC(=O)c1cc2cc(Cl)c(Cl)cc2s1. The van der Waals surface area contributed by atoms with Crippen LogP contribution in [0.2, 0.25) is 10.0 Å². The van der Waals surface area contributed by atoms with E-state index in [1.54, 1.807) is 18.2 Å². The van der Waals surface area contributed by atoms with E-state index in [0.29, 0.717) is 14.9 Å². The van der Waals surface area contributed by atoms with Gasteiger partial charge in [0.2, 0.25) is 0 Å². The van der Waals surface area contributed by atoms with Crippen LogP contribution in [0, 0.1) is 0 Å². The minimum absolute atomic E-state index is 0.0151. The number of rotatable bonds is 4. The molecule has 1 aromatic heterocycles. The van der Waals surface area contributed by atoms with Crippen LogP contribution in [0.5, 0.6) is 0 Å². The number of hydrogen-bond donors (Lipinski definition) is 1. The van der Waals surface area contributed by atoms with Crippen LogP contribution in [0.1, 0.15) is 22.5 Å². The summed E-state index contributed by atoms with van der Waals surface area (Å²) in [5.74, 6) is 0.00851. The third-order valence-corrected chi connectivity index (χ3v) is 4.34. The second-order valence-electron chi connectivity index (χ2n) is 3.90. The lowest BCUT2D eigenvalue weighted by Crippen LogP contribution is -1.96. The summed E-state index contributed by atoms with van der Waals surface area (Å²) in [5.41, 5.74) is 0. The zero-order valence-electron chi connectivity index (χ0n) is 9.37. The molecule has 1 heterocycles. The molecule has 0 saturated carbocycles. The van der Waals surface area contributed by atoms with Gasteiger partial charge in [-0.2, -0.15) is 0 Å². The Bertz CT molecular complexity index is 592. The minimum atomic E-state index is -0.0151. The summed E-state index contributed by atoms with van der Waals surface area (Å²) in [4.78, 5) is 12.5. The summed E-state index contributed by atoms with van der Waals surface area (Å²) in [5, 5.41) is 10.8. The number of ketones is 1. The molecule has 94 valence electrons. The molecule has 0 amide bonds. The molecule has 1 aromatic carbocycles. The normalized spacial score (nSPS) is 10.8. The first-order chi connectivity index (χ1) is 8.47. The predicted molar refractivity (Wildman–Crippen MR) is 77.2 cm³/mol. The van der Waals surface area contributed by atoms with Gasteiger partial charge in [-0.05, 0) is 23.6 Å². The van der Waals surface area contributed by atoms with Crippen LogP contribution in [-0.4, -0.2) is 10.9 Å². The Morgan fingerprint density at radius 1 is 1.22 bits per heavy atom. The van der Waals surface area contributed by atoms with Gasteiger partial charge in [-0.15, -0.1) is 11.3 Å². The zero-order chi connectivity index (χ0) is 13.3. The van der Waals surface area contributed by atoms with Gasteiger partial charge in [0, 0.05) is 17.5 Å². The maximum Gasteiger partial charge on any atom is 0.173 e. The van der Waals surface area contributed by atoms with Gasteiger partial charge >= 0.3 is 0 Å². The van der Waals surface area contributed by atoms with Crippen LogP contribution in [0.4, 0.5) is 0 Å². The van der Waals surface area contributed by atoms with Gasteiger partial charge < -0.3 is 5.11 Å². The molecule has 0 atom stereocenters. The Morgan fingerprint density at radius 2 is 1.89 bits per heavy atom. The van der Waals surface area contributed by atoms with Gasteiger partial charge in [-0.25, -0.2) is 0 Å². The van der Waals surface area contributed by atoms with Crippen molar-refractivity contribution in [3.8, 4) is 0 Å². The van der Waals surface area contributed by atoms with Crippen LogP contribution < -0.4 is 0 Å². The number of carbonyl (C=O) groups is 1. The Morgan fingerprint density at radius 3 is 2.56 bits per heavy atom. The number of halogens is 2. The molecule has 0 bridgehead atoms. The average molecular weight is 301 g/mol. The quantitative estimate of drug-likeness (QED) is 0.619. The first kappa shape index (κ1) is 13.4. The smallest absolute Gasteiger partial charge is 0.173 e. The molecule has 0 aliphatic rings. The molecule has 2 nitrogen and oxygen atoms in total. The van der Waals surface area contributed by atoms with E-state index in [-0.39, 0.29) is 24.4 Å². The molecule has 0 spiro atoms. The topological polar surface area (TPSA) is 37.3 Å². The van der Waals surface area contributed by atoms with Crippen molar-refractivity contribution in [2.75, 3.05) is 0 Å². The van der Waals surface area contributed by atoms with Crippen molar-refractivity contribution in [1.29, 1.82) is 0 Å². The minimum Gasteiger partial charge on any atom is -0.513 e. The lowest BCUT2D eigenvalue weighted by atomic mass is 10.1. The van der Waals surface area contributed by atoms with Crippen LogP contribution in [0.25, 0.3) is 10.1 Å². The van der Waals surface area contributed by atoms with Gasteiger partial charge in [-0.3, -0.25) is 4.79 Å². The van der Waals surface area contributed by atoms with E-state index in [1.807, 2.05) is 0 Å². The first-order valence-electron chi connectivity index (χ1n) is 5.26. The summed E-state index contributed by atoms with van der Waals surface area (Å²) in [6.07, 6.45) is 0.540. The highest BCUT2D eigenvalue weighted by Crippen LogP contribution is 2.33. The maximum atomic E-state index is 11.9. The van der Waals surface area contributed by atoms with E-state index in [0.717, 1.165) is 10.1 Å². The number of aliphatic hydroxyl groups is 1. The van der Waals surface area contributed by atoms with Crippen molar-refractivity contribution in [2.24, 2.45) is 0 Å². The molecule has 0 aliphatic heterocycles. The Kier molecular flexibility index (Phi) is 3.95. The molecule has 0 saturated heterocycles. The van der Waals surface area contributed by atoms with E-state index >= 15 is 0 Å². The number of aliphatic hydroxyl groups excluding tert-OH is 1. The van der Waals surface area contributed by atoms with Crippen LogP contribution >= 0.6 is 34.5 Å². The fraction of sp³-hybridized carbons (Fsp3) is 0.154. The van der Waals surface area contributed by atoms with Crippen LogP contribution in [-0.2, 0) is 0 Å². The molecular formula is C13H10Cl2O2S. The lowest BCUT2D eigenvalue weighted by molar-refractivity contribution is 0.0982. The van der Waals surface area contributed by atoms with E-state index in [1.165, 1.54) is 11.3 Å². The number of allylic oxidation sites excluding steroid dienone is 1. The van der Waals surface area contributed by atoms with Crippen molar-refractivity contribution in [1.82, 2.24) is 0 Å². The predicted octanol–water partition coefficient (Wildman–Crippen LogP) is 5.24. The third-order valence-electron chi connectivity index (χ3n) is 2.47. The second kappa shape index (κ2) is 5.31. The number of thiophene rings is 1. The molecule has 0 aliphatic carbocycles. The molecule has 0 fully saturated rings. The zero-order valence-corrected chi connectivity index (χ0v) is 11.7. The number of carbonyl (C=O) groups excluding carboxylic acids is 1. The fourth-order valence-electron chi connectivity index (χ4n) is 1.55. The standard InChI is InChI=1S/C13H10Cl2O2S/c1-7(16)2-3-11(17)13-5-8-4-9(14)10(15)6-12(8)18-13/h4-6,16H,1-3H2. The summed E-state index contributed by atoms with van der Waals surface area (Å²) < 4.78 is 0.926. The molecule has 0 unspecified atom stereocenters. The summed E-state index contributed by atoms with van der Waals surface area (Å²) in [6, 6.07) is 5.30. The second-order valence-corrected chi connectivity index (χ2v) is 5.80. The first-order valence-corrected chi connectivity index (χ1v) is 6.83. The Labute approximate surface area is 118 Å². The highest BCUT2D eigenvalue weighted by molar-refractivity contribution is 7.20. The summed E-state index contributed by atoms with van der Waals surface area (Å²) in [7, 11) is 0. The van der Waals surface area contributed by atoms with Gasteiger partial charge in [0.25, 0.3) is 0 Å². The van der Waals surface area contributed by atoms with Crippen LogP contribution in [0.3, 0.4) is 0 Å². The third kappa shape index (κ3) is 2.86. The summed E-state index contributed by atoms with van der Waals surface area (Å²) >= 11 is 13.2. The van der Waals surface area contributed by atoms with Crippen molar-refractivity contribution >= 4 is 50.4 Å². The van der Waals surface area contributed by atoms with Crippen molar-refractivity contribution in [3.63, 3.8) is 0 Å². The van der Waals surface area contributed by atoms with E-state index < -0.39 is 0 Å². The van der Waals surface area contributed by atoms with Crippen molar-refractivity contribution in [3.05, 3.63) is 45.5 Å². The largest absolute Gasteiger partial charge is 0.513 e. The van der Waals surface area contributed by atoms with Gasteiger partial charge in [0.1, 0.15) is 0 Å². The molecule has 2 aromatic rings. The maximum absolute atomic E-state index is 11.9. The molecule has 18 heavy (non-hydrogen) atoms. The fourth-order valence-corrected chi connectivity index (χ4v) is 3.00. The van der Waals surface area contributed by atoms with Gasteiger partial charge in [0.15, 0.2) is 5.78 Å².